The predicted octanol–water partition coefficient (Wildman–Crippen LogP) is 3.43. The van der Waals surface area contributed by atoms with Crippen molar-refractivity contribution in [2.45, 2.75) is 63.9 Å². The molecule has 0 spiro atoms. The average Bonchev–Trinajstić information content (AvgIpc) is 2.29. The number of terminal acetylenes is 1. The van der Waals surface area contributed by atoms with E-state index in [0.29, 0.717) is 0 Å². The largest absolute Gasteiger partial charge is 0.380 e. The van der Waals surface area contributed by atoms with Crippen LogP contribution in [0.5, 0.6) is 0 Å². The molecule has 0 saturated heterocycles. The Morgan fingerprint density at radius 1 is 1.27 bits per heavy atom. The maximum absolute atomic E-state index is 9.15. The molecule has 1 aliphatic carbocycles. The summed E-state index contributed by atoms with van der Waals surface area (Å²) in [5.74, 6) is 2.35. The third kappa shape index (κ3) is 5.64. The van der Waals surface area contributed by atoms with E-state index < -0.39 is 6.10 Å². The summed E-state index contributed by atoms with van der Waals surface area (Å²) >= 11 is 0. The van der Waals surface area contributed by atoms with Crippen molar-refractivity contribution in [1.29, 1.82) is 0 Å². The number of aliphatic hydroxyl groups is 1. The van der Waals surface area contributed by atoms with Crippen LogP contribution in [-0.2, 0) is 0 Å². The van der Waals surface area contributed by atoms with Crippen molar-refractivity contribution in [3.05, 3.63) is 11.6 Å². The number of hydrogen-bond acceptors (Lipinski definition) is 1. The molecule has 1 heteroatoms. The fourth-order valence-electron chi connectivity index (χ4n) is 2.08. The lowest BCUT2D eigenvalue weighted by Crippen LogP contribution is -2.01. The molecule has 1 fully saturated rings. The van der Waals surface area contributed by atoms with Crippen molar-refractivity contribution in [3.8, 4) is 12.3 Å². The zero-order valence-electron chi connectivity index (χ0n) is 9.54. The number of hydrogen-bond donors (Lipinski definition) is 1. The van der Waals surface area contributed by atoms with Crippen LogP contribution in [0.25, 0.3) is 0 Å². The normalized spacial score (nSPS) is 18.3. The van der Waals surface area contributed by atoms with Crippen molar-refractivity contribution >= 4 is 0 Å². The molecule has 1 unspecified atom stereocenters. The molecular formula is C14H22O. The first kappa shape index (κ1) is 12.3. The Hall–Kier alpha value is -0.740. The molecule has 84 valence electrons. The third-order valence-electron chi connectivity index (χ3n) is 3.05. The van der Waals surface area contributed by atoms with Gasteiger partial charge in [-0.25, -0.2) is 0 Å². The van der Waals surface area contributed by atoms with Gasteiger partial charge in [-0.15, -0.1) is 6.42 Å². The van der Waals surface area contributed by atoms with E-state index in [-0.39, 0.29) is 0 Å². The molecule has 0 aromatic heterocycles. The molecule has 1 rings (SSSR count). The minimum atomic E-state index is -0.535. The first-order valence-corrected chi connectivity index (χ1v) is 6.15. The SMILES string of the molecule is C#CC(O)CCCCC=C1CCCCC1. The fourth-order valence-corrected chi connectivity index (χ4v) is 2.08. The van der Waals surface area contributed by atoms with Crippen LogP contribution in [0.3, 0.4) is 0 Å². The molecule has 0 aromatic carbocycles. The van der Waals surface area contributed by atoms with Gasteiger partial charge in [0.1, 0.15) is 6.10 Å². The van der Waals surface area contributed by atoms with Gasteiger partial charge in [0.15, 0.2) is 0 Å². The Bertz CT molecular complexity index is 226. The molecule has 1 N–H and O–H groups in total. The highest BCUT2D eigenvalue weighted by molar-refractivity contribution is 5.03. The van der Waals surface area contributed by atoms with E-state index in [1.165, 1.54) is 32.1 Å². The van der Waals surface area contributed by atoms with Crippen LogP contribution in [0.15, 0.2) is 11.6 Å². The molecule has 0 aromatic rings. The van der Waals surface area contributed by atoms with Crippen LogP contribution in [0.1, 0.15) is 57.8 Å². The Kier molecular flexibility index (Phi) is 6.20. The van der Waals surface area contributed by atoms with Gasteiger partial charge >= 0.3 is 0 Å². The summed E-state index contributed by atoms with van der Waals surface area (Å²) in [5, 5.41) is 9.15. The number of unbranched alkanes of at least 4 members (excludes halogenated alkanes) is 2. The molecule has 1 atom stereocenters. The van der Waals surface area contributed by atoms with Crippen molar-refractivity contribution < 1.29 is 5.11 Å². The van der Waals surface area contributed by atoms with Gasteiger partial charge in [-0.3, -0.25) is 0 Å². The number of allylic oxidation sites excluding steroid dienone is 2. The summed E-state index contributed by atoms with van der Waals surface area (Å²) in [6, 6.07) is 0. The lowest BCUT2D eigenvalue weighted by molar-refractivity contribution is 0.218. The highest BCUT2D eigenvalue weighted by Gasteiger charge is 2.04. The minimum absolute atomic E-state index is 0.535. The Balaban J connectivity index is 2.03. The fraction of sp³-hybridized carbons (Fsp3) is 0.714. The highest BCUT2D eigenvalue weighted by atomic mass is 16.3. The molecule has 0 aliphatic heterocycles. The molecule has 15 heavy (non-hydrogen) atoms. The second-order valence-corrected chi connectivity index (χ2v) is 4.39. The molecule has 0 radical (unpaired) electrons. The average molecular weight is 206 g/mol. The standard InChI is InChI=1S/C14H22O/c1-2-14(15)12-8-4-7-11-13-9-5-3-6-10-13/h1,11,14-15H,3-10,12H2. The minimum Gasteiger partial charge on any atom is -0.380 e. The van der Waals surface area contributed by atoms with Gasteiger partial charge in [-0.1, -0.05) is 24.0 Å². The first-order valence-electron chi connectivity index (χ1n) is 6.15. The number of aliphatic hydroxyl groups excluding tert-OH is 1. The van der Waals surface area contributed by atoms with Crippen LogP contribution >= 0.6 is 0 Å². The van der Waals surface area contributed by atoms with E-state index in [4.69, 9.17) is 11.5 Å². The zero-order chi connectivity index (χ0) is 10.9. The van der Waals surface area contributed by atoms with E-state index in [1.54, 1.807) is 5.57 Å². The molecule has 0 bridgehead atoms. The van der Waals surface area contributed by atoms with Gasteiger partial charge in [0, 0.05) is 0 Å². The van der Waals surface area contributed by atoms with Crippen LogP contribution in [0, 0.1) is 12.3 Å². The molecule has 0 heterocycles. The monoisotopic (exact) mass is 206 g/mol. The van der Waals surface area contributed by atoms with Crippen molar-refractivity contribution in [2.75, 3.05) is 0 Å². The summed E-state index contributed by atoms with van der Waals surface area (Å²) in [4.78, 5) is 0. The van der Waals surface area contributed by atoms with Crippen LogP contribution in [-0.4, -0.2) is 11.2 Å². The molecule has 1 aliphatic rings. The van der Waals surface area contributed by atoms with Crippen LogP contribution in [0.2, 0.25) is 0 Å². The maximum Gasteiger partial charge on any atom is 0.114 e. The van der Waals surface area contributed by atoms with Crippen LogP contribution < -0.4 is 0 Å². The van der Waals surface area contributed by atoms with Gasteiger partial charge < -0.3 is 5.11 Å². The van der Waals surface area contributed by atoms with Crippen molar-refractivity contribution in [3.63, 3.8) is 0 Å². The van der Waals surface area contributed by atoms with E-state index in [0.717, 1.165) is 25.7 Å². The van der Waals surface area contributed by atoms with Gasteiger partial charge in [-0.2, -0.15) is 0 Å². The number of rotatable bonds is 5. The predicted molar refractivity (Wildman–Crippen MR) is 64.5 cm³/mol. The summed E-state index contributed by atoms with van der Waals surface area (Å²) in [7, 11) is 0. The van der Waals surface area contributed by atoms with Crippen molar-refractivity contribution in [2.24, 2.45) is 0 Å². The lowest BCUT2D eigenvalue weighted by atomic mass is 9.94. The third-order valence-corrected chi connectivity index (χ3v) is 3.05. The highest BCUT2D eigenvalue weighted by Crippen LogP contribution is 2.23. The van der Waals surface area contributed by atoms with Gasteiger partial charge in [0.05, 0.1) is 0 Å². The maximum atomic E-state index is 9.15. The Morgan fingerprint density at radius 2 is 2.00 bits per heavy atom. The van der Waals surface area contributed by atoms with Gasteiger partial charge in [0.2, 0.25) is 0 Å². The second-order valence-electron chi connectivity index (χ2n) is 4.39. The molecule has 1 nitrogen and oxygen atoms in total. The van der Waals surface area contributed by atoms with E-state index in [1.807, 2.05) is 0 Å². The summed E-state index contributed by atoms with van der Waals surface area (Å²) in [6.45, 7) is 0. The second kappa shape index (κ2) is 7.54. The van der Waals surface area contributed by atoms with Crippen molar-refractivity contribution in [1.82, 2.24) is 0 Å². The summed E-state index contributed by atoms with van der Waals surface area (Å²) < 4.78 is 0. The zero-order valence-corrected chi connectivity index (χ0v) is 9.54. The summed E-state index contributed by atoms with van der Waals surface area (Å²) in [5.41, 5.74) is 1.65. The van der Waals surface area contributed by atoms with Gasteiger partial charge in [-0.05, 0) is 51.4 Å². The quantitative estimate of drug-likeness (QED) is 0.415. The lowest BCUT2D eigenvalue weighted by Gasteiger charge is -2.13. The topological polar surface area (TPSA) is 20.2 Å². The van der Waals surface area contributed by atoms with Crippen LogP contribution in [0.4, 0.5) is 0 Å². The summed E-state index contributed by atoms with van der Waals surface area (Å²) in [6.07, 6.45) is 17.8. The smallest absolute Gasteiger partial charge is 0.114 e. The van der Waals surface area contributed by atoms with E-state index in [9.17, 15) is 0 Å². The first-order chi connectivity index (χ1) is 7.33. The molecular weight excluding hydrogens is 184 g/mol. The van der Waals surface area contributed by atoms with E-state index in [2.05, 4.69) is 12.0 Å². The molecule has 0 amide bonds. The Labute approximate surface area is 93.6 Å². The molecule has 1 saturated carbocycles. The van der Waals surface area contributed by atoms with E-state index >= 15 is 0 Å². The Morgan fingerprint density at radius 3 is 2.67 bits per heavy atom. The van der Waals surface area contributed by atoms with Gasteiger partial charge in [0.25, 0.3) is 0 Å².